The van der Waals surface area contributed by atoms with Crippen LogP contribution in [0, 0.1) is 11.8 Å². The van der Waals surface area contributed by atoms with Gasteiger partial charge in [0.1, 0.15) is 0 Å². The van der Waals surface area contributed by atoms with Crippen LogP contribution < -0.4 is 5.73 Å². The molecule has 0 spiro atoms. The Balaban J connectivity index is 2.02. The van der Waals surface area contributed by atoms with Gasteiger partial charge in [-0.2, -0.15) is 0 Å². The summed E-state index contributed by atoms with van der Waals surface area (Å²) in [5.74, 6) is 1.52. The van der Waals surface area contributed by atoms with Gasteiger partial charge in [-0.05, 0) is 45.2 Å². The Morgan fingerprint density at radius 3 is 2.50 bits per heavy atom. The lowest BCUT2D eigenvalue weighted by atomic mass is 9.81. The zero-order valence-electron chi connectivity index (χ0n) is 10.7. The molecule has 0 bridgehead atoms. The van der Waals surface area contributed by atoms with E-state index in [4.69, 9.17) is 10.5 Å². The Morgan fingerprint density at radius 1 is 1.31 bits per heavy atom. The minimum absolute atomic E-state index is 0.163. The van der Waals surface area contributed by atoms with Crippen molar-refractivity contribution < 1.29 is 4.74 Å². The van der Waals surface area contributed by atoms with Crippen LogP contribution in [0.1, 0.15) is 33.1 Å². The molecule has 2 N–H and O–H groups in total. The molecule has 2 aliphatic heterocycles. The van der Waals surface area contributed by atoms with Crippen molar-refractivity contribution in [1.29, 1.82) is 0 Å². The van der Waals surface area contributed by atoms with Crippen LogP contribution in [0.15, 0.2) is 0 Å². The molecule has 3 heteroatoms. The maximum Gasteiger partial charge on any atom is 0.0513 e. The molecule has 0 aromatic carbocycles. The molecule has 0 amide bonds. The Labute approximate surface area is 99.3 Å². The van der Waals surface area contributed by atoms with Crippen LogP contribution in [0.4, 0.5) is 0 Å². The Kier molecular flexibility index (Phi) is 3.88. The van der Waals surface area contributed by atoms with E-state index in [1.165, 1.54) is 32.4 Å². The van der Waals surface area contributed by atoms with E-state index >= 15 is 0 Å². The van der Waals surface area contributed by atoms with Gasteiger partial charge in [0, 0.05) is 24.6 Å². The van der Waals surface area contributed by atoms with Crippen molar-refractivity contribution in [2.24, 2.45) is 17.6 Å². The third kappa shape index (κ3) is 2.27. The number of piperidine rings is 1. The topological polar surface area (TPSA) is 38.5 Å². The highest BCUT2D eigenvalue weighted by atomic mass is 16.5. The molecule has 0 aliphatic carbocycles. The summed E-state index contributed by atoms with van der Waals surface area (Å²) in [5, 5.41) is 0. The molecule has 0 aromatic rings. The SMILES string of the molecule is CC1CCN(C(C)(CN)C2CCOC2)CC1. The first kappa shape index (κ1) is 12.3. The second kappa shape index (κ2) is 5.03. The van der Waals surface area contributed by atoms with Gasteiger partial charge in [0.25, 0.3) is 0 Å². The monoisotopic (exact) mass is 226 g/mol. The first-order valence-electron chi connectivity index (χ1n) is 6.69. The van der Waals surface area contributed by atoms with Crippen molar-refractivity contribution in [3.8, 4) is 0 Å². The molecule has 16 heavy (non-hydrogen) atoms. The largest absolute Gasteiger partial charge is 0.381 e. The number of hydrogen-bond donors (Lipinski definition) is 1. The molecule has 2 heterocycles. The van der Waals surface area contributed by atoms with Crippen LogP contribution in [0.5, 0.6) is 0 Å². The van der Waals surface area contributed by atoms with Crippen molar-refractivity contribution in [3.05, 3.63) is 0 Å². The molecule has 2 atom stereocenters. The summed E-state index contributed by atoms with van der Waals surface area (Å²) >= 11 is 0. The second-order valence-corrected chi connectivity index (χ2v) is 5.79. The van der Waals surface area contributed by atoms with E-state index in [9.17, 15) is 0 Å². The van der Waals surface area contributed by atoms with Crippen LogP contribution in [0.25, 0.3) is 0 Å². The first-order chi connectivity index (χ1) is 7.66. The lowest BCUT2D eigenvalue weighted by Crippen LogP contribution is -2.58. The summed E-state index contributed by atoms with van der Waals surface area (Å²) < 4.78 is 5.53. The van der Waals surface area contributed by atoms with Crippen molar-refractivity contribution in [3.63, 3.8) is 0 Å². The van der Waals surface area contributed by atoms with E-state index in [-0.39, 0.29) is 5.54 Å². The predicted molar refractivity (Wildman–Crippen MR) is 66.4 cm³/mol. The molecule has 0 radical (unpaired) electrons. The van der Waals surface area contributed by atoms with Crippen LogP contribution in [-0.4, -0.2) is 43.3 Å². The molecule has 0 saturated carbocycles. The Bertz CT molecular complexity index is 220. The fourth-order valence-electron chi connectivity index (χ4n) is 3.10. The maximum absolute atomic E-state index is 6.06. The van der Waals surface area contributed by atoms with Crippen molar-refractivity contribution in [2.75, 3.05) is 32.8 Å². The molecule has 0 aromatic heterocycles. The molecule has 2 rings (SSSR count). The van der Waals surface area contributed by atoms with Gasteiger partial charge in [-0.15, -0.1) is 0 Å². The molecule has 2 fully saturated rings. The van der Waals surface area contributed by atoms with Gasteiger partial charge >= 0.3 is 0 Å². The van der Waals surface area contributed by atoms with Crippen molar-refractivity contribution in [1.82, 2.24) is 4.90 Å². The number of nitrogens with zero attached hydrogens (tertiary/aromatic N) is 1. The predicted octanol–water partition coefficient (Wildman–Crippen LogP) is 1.47. The third-order valence-electron chi connectivity index (χ3n) is 4.73. The van der Waals surface area contributed by atoms with Gasteiger partial charge in [0.2, 0.25) is 0 Å². The quantitative estimate of drug-likeness (QED) is 0.792. The summed E-state index contributed by atoms with van der Waals surface area (Å²) in [4.78, 5) is 2.62. The zero-order valence-corrected chi connectivity index (χ0v) is 10.7. The van der Waals surface area contributed by atoms with Gasteiger partial charge < -0.3 is 10.5 Å². The standard InChI is InChI=1S/C13H26N2O/c1-11-3-6-15(7-4-11)13(2,10-14)12-5-8-16-9-12/h11-12H,3-10,14H2,1-2H3. The maximum atomic E-state index is 6.06. The van der Waals surface area contributed by atoms with Crippen LogP contribution in [0.2, 0.25) is 0 Å². The second-order valence-electron chi connectivity index (χ2n) is 5.79. The van der Waals surface area contributed by atoms with E-state index < -0.39 is 0 Å². The van der Waals surface area contributed by atoms with E-state index in [1.54, 1.807) is 0 Å². The highest BCUT2D eigenvalue weighted by molar-refractivity contribution is 4.96. The van der Waals surface area contributed by atoms with E-state index in [2.05, 4.69) is 18.7 Å². The van der Waals surface area contributed by atoms with Crippen LogP contribution in [-0.2, 0) is 4.74 Å². The fourth-order valence-corrected chi connectivity index (χ4v) is 3.10. The normalized spacial score (nSPS) is 32.8. The van der Waals surface area contributed by atoms with Gasteiger partial charge in [-0.1, -0.05) is 6.92 Å². The lowest BCUT2D eigenvalue weighted by molar-refractivity contribution is 0.0207. The highest BCUT2D eigenvalue weighted by Crippen LogP contribution is 2.33. The van der Waals surface area contributed by atoms with Crippen LogP contribution in [0.3, 0.4) is 0 Å². The average Bonchev–Trinajstić information content (AvgIpc) is 2.83. The molecule has 2 unspecified atom stereocenters. The number of hydrogen-bond acceptors (Lipinski definition) is 3. The average molecular weight is 226 g/mol. The van der Waals surface area contributed by atoms with E-state index in [0.29, 0.717) is 5.92 Å². The molecule has 2 saturated heterocycles. The van der Waals surface area contributed by atoms with Gasteiger partial charge in [-0.3, -0.25) is 4.90 Å². The summed E-state index contributed by atoms with van der Waals surface area (Å²) in [5.41, 5.74) is 6.22. The summed E-state index contributed by atoms with van der Waals surface area (Å²) in [6, 6.07) is 0. The zero-order chi connectivity index (χ0) is 11.6. The van der Waals surface area contributed by atoms with Crippen molar-refractivity contribution >= 4 is 0 Å². The summed E-state index contributed by atoms with van der Waals surface area (Å²) in [6.45, 7) is 9.70. The molecule has 94 valence electrons. The first-order valence-corrected chi connectivity index (χ1v) is 6.69. The Hall–Kier alpha value is -0.120. The van der Waals surface area contributed by atoms with E-state index in [1.807, 2.05) is 0 Å². The third-order valence-corrected chi connectivity index (χ3v) is 4.73. The van der Waals surface area contributed by atoms with Gasteiger partial charge in [-0.25, -0.2) is 0 Å². The molecular weight excluding hydrogens is 200 g/mol. The Morgan fingerprint density at radius 2 is 2.00 bits per heavy atom. The molecule has 2 aliphatic rings. The lowest BCUT2D eigenvalue weighted by Gasteiger charge is -2.47. The van der Waals surface area contributed by atoms with E-state index in [0.717, 1.165) is 25.7 Å². The fraction of sp³-hybridized carbons (Fsp3) is 1.00. The summed E-state index contributed by atoms with van der Waals surface area (Å²) in [6.07, 6.45) is 3.83. The minimum atomic E-state index is 0.163. The number of likely N-dealkylation sites (tertiary alicyclic amines) is 1. The number of ether oxygens (including phenoxy) is 1. The smallest absolute Gasteiger partial charge is 0.0513 e. The van der Waals surface area contributed by atoms with Crippen LogP contribution >= 0.6 is 0 Å². The minimum Gasteiger partial charge on any atom is -0.381 e. The number of rotatable bonds is 3. The summed E-state index contributed by atoms with van der Waals surface area (Å²) in [7, 11) is 0. The van der Waals surface area contributed by atoms with Gasteiger partial charge in [0.15, 0.2) is 0 Å². The van der Waals surface area contributed by atoms with Crippen molar-refractivity contribution in [2.45, 2.75) is 38.6 Å². The molecule has 3 nitrogen and oxygen atoms in total. The van der Waals surface area contributed by atoms with Gasteiger partial charge in [0.05, 0.1) is 6.61 Å². The highest BCUT2D eigenvalue weighted by Gasteiger charge is 2.41. The molecular formula is C13H26N2O. The number of nitrogens with two attached hydrogens (primary N) is 1.